The molecule has 0 aromatic heterocycles. The molecule has 0 bridgehead atoms. The summed E-state index contributed by atoms with van der Waals surface area (Å²) in [5, 5.41) is 0. The van der Waals surface area contributed by atoms with E-state index in [2.05, 4.69) is 17.9 Å². The molecule has 17 heavy (non-hydrogen) atoms. The maximum atomic E-state index is 5.42. The van der Waals surface area contributed by atoms with E-state index in [1.165, 1.54) is 0 Å². The van der Waals surface area contributed by atoms with Crippen LogP contribution in [-0.4, -0.2) is 37.7 Å². The fourth-order valence-corrected chi connectivity index (χ4v) is 1.32. The van der Waals surface area contributed by atoms with Crippen LogP contribution in [0.15, 0.2) is 0 Å². The van der Waals surface area contributed by atoms with Crippen molar-refractivity contribution in [3.63, 3.8) is 0 Å². The Labute approximate surface area is 135 Å². The Hall–Kier alpha value is 0.584. The van der Waals surface area contributed by atoms with Crippen molar-refractivity contribution >= 4 is 0 Å². The van der Waals surface area contributed by atoms with Gasteiger partial charge in [0.1, 0.15) is 6.61 Å². The first-order valence-corrected chi connectivity index (χ1v) is 6.06. The molecule has 0 aliphatic carbocycles. The summed E-state index contributed by atoms with van der Waals surface area (Å²) in [6.07, 6.45) is 7.74. The summed E-state index contributed by atoms with van der Waals surface area (Å²) >= 11 is 0. The van der Waals surface area contributed by atoms with Crippen molar-refractivity contribution in [3.05, 3.63) is 7.43 Å². The van der Waals surface area contributed by atoms with E-state index >= 15 is 0 Å². The molecule has 0 spiro atoms. The van der Waals surface area contributed by atoms with Gasteiger partial charge in [-0.2, -0.15) is 0 Å². The number of rotatable bonds is 2. The van der Waals surface area contributed by atoms with Crippen LogP contribution in [0.3, 0.4) is 0 Å². The first kappa shape index (κ1) is 26.2. The number of ether oxygens (including phenoxy) is 1. The minimum atomic E-state index is 0. The van der Waals surface area contributed by atoms with Gasteiger partial charge < -0.3 is 17.1 Å². The van der Waals surface area contributed by atoms with Crippen molar-refractivity contribution in [1.82, 2.24) is 4.90 Å². The summed E-state index contributed by atoms with van der Waals surface area (Å²) in [5.74, 6) is 2.49. The largest absolute Gasteiger partial charge is 0.365 e. The van der Waals surface area contributed by atoms with E-state index in [1.54, 1.807) is 0 Å². The Bertz CT molecular complexity index is 149. The fraction of sp³-hybridized carbons (Fsp3) is 0.786. The zero-order chi connectivity index (χ0) is 12.1. The monoisotopic (exact) mass is 317 g/mol. The first-order valence-electron chi connectivity index (χ1n) is 6.06. The smallest absolute Gasteiger partial charge is 0.107 e. The quantitative estimate of drug-likeness (QED) is 0.573. The molecular formula is C14H30NOY-. The van der Waals surface area contributed by atoms with Gasteiger partial charge in [0.25, 0.3) is 0 Å². The minimum absolute atomic E-state index is 0. The molecule has 0 aromatic rings. The molecule has 1 rings (SSSR count). The second-order valence-electron chi connectivity index (χ2n) is 3.02. The number of likely N-dealkylation sites (tertiary alicyclic amines) is 1. The summed E-state index contributed by atoms with van der Waals surface area (Å²) in [6.45, 7) is 10.7. The standard InChI is InChI=1S/C9H15NO.2C2H6.CH3.Y/c1-3-8-11-9-4-6-10(2)7-5-9;2*1-2;;/h1,9H,4-8H2,2H3;2*1-2H3;1H3;/q;;;-1;. The summed E-state index contributed by atoms with van der Waals surface area (Å²) < 4.78 is 5.42. The van der Waals surface area contributed by atoms with Crippen LogP contribution in [0.2, 0.25) is 0 Å². The van der Waals surface area contributed by atoms with Crippen LogP contribution in [0.1, 0.15) is 40.5 Å². The average molecular weight is 317 g/mol. The molecule has 1 aliphatic rings. The zero-order valence-electron chi connectivity index (χ0n) is 12.6. The SMILES string of the molecule is C#CCOC1CCN(C)CC1.CC.CC.[CH3-].[Y]. The predicted molar refractivity (Wildman–Crippen MR) is 74.4 cm³/mol. The molecule has 1 fully saturated rings. The second-order valence-corrected chi connectivity index (χ2v) is 3.02. The van der Waals surface area contributed by atoms with Crippen molar-refractivity contribution in [2.45, 2.75) is 46.6 Å². The van der Waals surface area contributed by atoms with Gasteiger partial charge in [-0.15, -0.1) is 6.42 Å². The van der Waals surface area contributed by atoms with Gasteiger partial charge in [0.2, 0.25) is 0 Å². The molecule has 0 saturated carbocycles. The molecule has 1 aliphatic heterocycles. The van der Waals surface area contributed by atoms with Crippen molar-refractivity contribution in [1.29, 1.82) is 0 Å². The molecule has 0 unspecified atom stereocenters. The molecule has 1 heterocycles. The predicted octanol–water partition coefficient (Wildman–Crippen LogP) is 3.23. The van der Waals surface area contributed by atoms with Gasteiger partial charge in [-0.1, -0.05) is 33.6 Å². The summed E-state index contributed by atoms with van der Waals surface area (Å²) in [4.78, 5) is 2.32. The van der Waals surface area contributed by atoms with E-state index in [0.29, 0.717) is 12.7 Å². The van der Waals surface area contributed by atoms with Gasteiger partial charge in [-0.05, 0) is 19.9 Å². The number of hydrogen-bond acceptors (Lipinski definition) is 2. The van der Waals surface area contributed by atoms with Crippen molar-refractivity contribution < 1.29 is 37.4 Å². The zero-order valence-corrected chi connectivity index (χ0v) is 15.5. The Morgan fingerprint density at radius 1 is 1.18 bits per heavy atom. The van der Waals surface area contributed by atoms with Crippen LogP contribution in [0, 0.1) is 19.8 Å². The number of hydrogen-bond donors (Lipinski definition) is 0. The third kappa shape index (κ3) is 16.6. The normalized spacial score (nSPS) is 14.6. The Morgan fingerprint density at radius 3 is 1.94 bits per heavy atom. The van der Waals surface area contributed by atoms with E-state index in [4.69, 9.17) is 11.2 Å². The van der Waals surface area contributed by atoms with E-state index in [9.17, 15) is 0 Å². The van der Waals surface area contributed by atoms with Crippen LogP contribution < -0.4 is 0 Å². The minimum Gasteiger partial charge on any atom is -0.365 e. The molecule has 101 valence electrons. The summed E-state index contributed by atoms with van der Waals surface area (Å²) in [7, 11) is 2.14. The first-order chi connectivity index (χ1) is 7.33. The van der Waals surface area contributed by atoms with Gasteiger partial charge in [0, 0.05) is 45.8 Å². The summed E-state index contributed by atoms with van der Waals surface area (Å²) in [5.41, 5.74) is 0. The Kier molecular flexibility index (Phi) is 33.6. The van der Waals surface area contributed by atoms with Crippen molar-refractivity contribution in [2.24, 2.45) is 0 Å². The van der Waals surface area contributed by atoms with Crippen LogP contribution >= 0.6 is 0 Å². The van der Waals surface area contributed by atoms with E-state index in [-0.39, 0.29) is 40.1 Å². The molecule has 3 heteroatoms. The molecule has 0 atom stereocenters. The van der Waals surface area contributed by atoms with Crippen LogP contribution in [0.25, 0.3) is 0 Å². The third-order valence-electron chi connectivity index (χ3n) is 2.07. The van der Waals surface area contributed by atoms with E-state index in [0.717, 1.165) is 25.9 Å². The Balaban J connectivity index is -0.000000128. The molecule has 2 nitrogen and oxygen atoms in total. The van der Waals surface area contributed by atoms with Gasteiger partial charge in [0.15, 0.2) is 0 Å². The fourth-order valence-electron chi connectivity index (χ4n) is 1.32. The van der Waals surface area contributed by atoms with E-state index in [1.807, 2.05) is 27.7 Å². The van der Waals surface area contributed by atoms with Crippen LogP contribution in [0.5, 0.6) is 0 Å². The number of terminal acetylenes is 1. The topological polar surface area (TPSA) is 12.5 Å². The molecule has 0 aromatic carbocycles. The average Bonchev–Trinajstić information content (AvgIpc) is 2.34. The molecule has 1 saturated heterocycles. The summed E-state index contributed by atoms with van der Waals surface area (Å²) in [6, 6.07) is 0. The third-order valence-corrected chi connectivity index (χ3v) is 2.07. The number of piperidine rings is 1. The van der Waals surface area contributed by atoms with E-state index < -0.39 is 0 Å². The van der Waals surface area contributed by atoms with Gasteiger partial charge in [0.05, 0.1) is 6.10 Å². The molecule has 1 radical (unpaired) electrons. The van der Waals surface area contributed by atoms with Crippen LogP contribution in [-0.2, 0) is 37.4 Å². The maximum absolute atomic E-state index is 5.42. The van der Waals surface area contributed by atoms with Gasteiger partial charge in [-0.25, -0.2) is 0 Å². The maximum Gasteiger partial charge on any atom is 0.107 e. The van der Waals surface area contributed by atoms with Gasteiger partial charge >= 0.3 is 0 Å². The van der Waals surface area contributed by atoms with Crippen LogP contribution in [0.4, 0.5) is 0 Å². The molecule has 0 amide bonds. The Morgan fingerprint density at radius 2 is 1.59 bits per heavy atom. The molecular weight excluding hydrogens is 287 g/mol. The van der Waals surface area contributed by atoms with Gasteiger partial charge in [-0.3, -0.25) is 0 Å². The number of nitrogens with zero attached hydrogens (tertiary/aromatic N) is 1. The van der Waals surface area contributed by atoms with Crippen molar-refractivity contribution in [3.8, 4) is 12.3 Å². The van der Waals surface area contributed by atoms with Crippen molar-refractivity contribution in [2.75, 3.05) is 26.7 Å². The second kappa shape index (κ2) is 21.8. The molecule has 0 N–H and O–H groups in total.